The molecule has 1 amide bonds. The number of aromatic nitrogens is 4. The minimum Gasteiger partial charge on any atom is -0.296 e. The topological polar surface area (TPSA) is 113 Å². The van der Waals surface area contributed by atoms with Crippen LogP contribution in [0.15, 0.2) is 9.59 Å². The van der Waals surface area contributed by atoms with E-state index in [1.54, 1.807) is 0 Å². The first-order valence-corrected chi connectivity index (χ1v) is 6.03. The van der Waals surface area contributed by atoms with Crippen molar-refractivity contribution >= 4 is 23.0 Å². The summed E-state index contributed by atoms with van der Waals surface area (Å²) >= 11 is 0. The maximum absolute atomic E-state index is 12.0. The van der Waals surface area contributed by atoms with E-state index in [0.29, 0.717) is 6.54 Å². The number of hydrogen-bond donors (Lipinski definition) is 3. The fourth-order valence-electron chi connectivity index (χ4n) is 1.83. The van der Waals surface area contributed by atoms with Crippen LogP contribution in [0, 0.1) is 0 Å². The number of imidazole rings is 1. The lowest BCUT2D eigenvalue weighted by molar-refractivity contribution is -0.114. The Morgan fingerprint density at radius 3 is 2.74 bits per heavy atom. The maximum Gasteiger partial charge on any atom is 0.327 e. The number of hydrogen-bond acceptors (Lipinski definition) is 4. The number of amides is 1. The van der Waals surface area contributed by atoms with Crippen molar-refractivity contribution in [3.63, 3.8) is 0 Å². The van der Waals surface area contributed by atoms with E-state index in [2.05, 4.69) is 20.3 Å². The Hall–Kier alpha value is -2.38. The summed E-state index contributed by atoms with van der Waals surface area (Å²) in [5.41, 5.74) is -0.453. The molecule has 0 aliphatic heterocycles. The van der Waals surface area contributed by atoms with Crippen molar-refractivity contribution in [2.45, 2.75) is 33.2 Å². The summed E-state index contributed by atoms with van der Waals surface area (Å²) in [5.74, 6) is -0.329. The van der Waals surface area contributed by atoms with Crippen molar-refractivity contribution in [3.05, 3.63) is 20.8 Å². The number of fused-ring (bicyclic) bond motifs is 1. The number of unbranched alkanes of at least 4 members (excludes halogenated alkanes) is 1. The quantitative estimate of drug-likeness (QED) is 0.731. The molecule has 0 saturated heterocycles. The van der Waals surface area contributed by atoms with E-state index in [-0.39, 0.29) is 28.7 Å². The molecule has 0 unspecified atom stereocenters. The zero-order chi connectivity index (χ0) is 14.0. The Kier molecular flexibility index (Phi) is 3.50. The van der Waals surface area contributed by atoms with Crippen LogP contribution in [0.4, 0.5) is 5.95 Å². The lowest BCUT2D eigenvalue weighted by Crippen LogP contribution is -2.21. The van der Waals surface area contributed by atoms with E-state index in [0.717, 1.165) is 12.8 Å². The summed E-state index contributed by atoms with van der Waals surface area (Å²) in [6.07, 6.45) is 1.70. The van der Waals surface area contributed by atoms with Gasteiger partial charge in [-0.3, -0.25) is 29.4 Å². The van der Waals surface area contributed by atoms with Gasteiger partial charge in [0.25, 0.3) is 5.56 Å². The van der Waals surface area contributed by atoms with Crippen LogP contribution in [0.25, 0.3) is 11.2 Å². The van der Waals surface area contributed by atoms with Crippen LogP contribution in [0.1, 0.15) is 26.7 Å². The first kappa shape index (κ1) is 13.1. The second-order valence-corrected chi connectivity index (χ2v) is 4.23. The molecule has 8 heteroatoms. The standard InChI is InChI=1S/C11H15N5O3/c1-3-4-5-16-7-8(14-11(16)19)13-10(12-6(2)17)15-9(7)18/h3-5H2,1-2H3,(H3,12,13,14,15,17,18,19). The lowest BCUT2D eigenvalue weighted by atomic mass is 10.3. The van der Waals surface area contributed by atoms with Gasteiger partial charge in [0.05, 0.1) is 0 Å². The minimum atomic E-state index is -0.455. The highest BCUT2D eigenvalue weighted by Gasteiger charge is 2.13. The summed E-state index contributed by atoms with van der Waals surface area (Å²) in [4.78, 5) is 43.6. The average Bonchev–Trinajstić information content (AvgIpc) is 2.62. The lowest BCUT2D eigenvalue weighted by Gasteiger charge is -2.02. The van der Waals surface area contributed by atoms with Crippen molar-refractivity contribution in [2.75, 3.05) is 5.32 Å². The van der Waals surface area contributed by atoms with Crippen molar-refractivity contribution in [1.29, 1.82) is 0 Å². The molecule has 2 aromatic heterocycles. The number of rotatable bonds is 4. The number of carbonyl (C=O) groups excluding carboxylic acids is 1. The van der Waals surface area contributed by atoms with Gasteiger partial charge in [0, 0.05) is 13.5 Å². The summed E-state index contributed by atoms with van der Waals surface area (Å²) in [6, 6.07) is 0. The van der Waals surface area contributed by atoms with E-state index in [4.69, 9.17) is 0 Å². The van der Waals surface area contributed by atoms with Gasteiger partial charge < -0.3 is 0 Å². The molecule has 2 aromatic rings. The number of nitrogens with one attached hydrogen (secondary N) is 3. The van der Waals surface area contributed by atoms with Crippen LogP contribution in [-0.4, -0.2) is 25.4 Å². The first-order valence-electron chi connectivity index (χ1n) is 6.03. The first-order chi connectivity index (χ1) is 9.02. The van der Waals surface area contributed by atoms with Crippen LogP contribution < -0.4 is 16.6 Å². The molecule has 2 rings (SSSR count). The Morgan fingerprint density at radius 1 is 1.37 bits per heavy atom. The van der Waals surface area contributed by atoms with Gasteiger partial charge in [0.2, 0.25) is 11.9 Å². The third-order valence-electron chi connectivity index (χ3n) is 2.67. The van der Waals surface area contributed by atoms with Gasteiger partial charge in [0.15, 0.2) is 11.2 Å². The highest BCUT2D eigenvalue weighted by molar-refractivity contribution is 5.87. The Labute approximate surface area is 107 Å². The Bertz CT molecular complexity index is 724. The zero-order valence-electron chi connectivity index (χ0n) is 10.7. The van der Waals surface area contributed by atoms with Gasteiger partial charge in [-0.15, -0.1) is 0 Å². The fourth-order valence-corrected chi connectivity index (χ4v) is 1.83. The molecule has 0 atom stereocenters. The number of nitrogens with zero attached hydrogens (tertiary/aromatic N) is 2. The third-order valence-corrected chi connectivity index (χ3v) is 2.67. The number of H-pyrrole nitrogens is 2. The van der Waals surface area contributed by atoms with Gasteiger partial charge in [-0.2, -0.15) is 4.98 Å². The minimum absolute atomic E-state index is 0.0221. The van der Waals surface area contributed by atoms with Crippen LogP contribution >= 0.6 is 0 Å². The number of aromatic amines is 2. The maximum atomic E-state index is 12.0. The summed E-state index contributed by atoms with van der Waals surface area (Å²) in [6.45, 7) is 3.76. The van der Waals surface area contributed by atoms with Gasteiger partial charge in [-0.25, -0.2) is 4.79 Å². The normalized spacial score (nSPS) is 10.8. The van der Waals surface area contributed by atoms with Gasteiger partial charge in [0.1, 0.15) is 0 Å². The van der Waals surface area contributed by atoms with Crippen LogP contribution in [0.2, 0.25) is 0 Å². The molecule has 0 aromatic carbocycles. The molecule has 19 heavy (non-hydrogen) atoms. The highest BCUT2D eigenvalue weighted by atomic mass is 16.2. The van der Waals surface area contributed by atoms with Crippen LogP contribution in [-0.2, 0) is 11.3 Å². The molecular weight excluding hydrogens is 250 g/mol. The van der Waals surface area contributed by atoms with E-state index < -0.39 is 5.56 Å². The largest absolute Gasteiger partial charge is 0.327 e. The van der Waals surface area contributed by atoms with Crippen molar-refractivity contribution in [3.8, 4) is 0 Å². The van der Waals surface area contributed by atoms with Crippen molar-refractivity contribution < 1.29 is 4.79 Å². The zero-order valence-corrected chi connectivity index (χ0v) is 10.7. The summed E-state index contributed by atoms with van der Waals surface area (Å²) < 4.78 is 1.36. The van der Waals surface area contributed by atoms with Crippen molar-refractivity contribution in [2.24, 2.45) is 0 Å². The molecule has 2 heterocycles. The molecule has 0 spiro atoms. The van der Waals surface area contributed by atoms with Gasteiger partial charge in [-0.1, -0.05) is 13.3 Å². The SMILES string of the molecule is CCCCn1c(=O)[nH]c2nc(NC(C)=O)[nH]c(=O)c21. The van der Waals surface area contributed by atoms with Gasteiger partial charge in [-0.05, 0) is 6.42 Å². The molecule has 0 aliphatic rings. The van der Waals surface area contributed by atoms with E-state index in [1.807, 2.05) is 6.92 Å². The molecule has 0 radical (unpaired) electrons. The van der Waals surface area contributed by atoms with E-state index in [9.17, 15) is 14.4 Å². The van der Waals surface area contributed by atoms with Gasteiger partial charge >= 0.3 is 5.69 Å². The third kappa shape index (κ3) is 2.56. The van der Waals surface area contributed by atoms with E-state index in [1.165, 1.54) is 11.5 Å². The Morgan fingerprint density at radius 2 is 2.11 bits per heavy atom. The second-order valence-electron chi connectivity index (χ2n) is 4.23. The summed E-state index contributed by atoms with van der Waals surface area (Å²) in [7, 11) is 0. The molecule has 0 bridgehead atoms. The molecule has 8 nitrogen and oxygen atoms in total. The number of aryl methyl sites for hydroxylation is 1. The predicted molar refractivity (Wildman–Crippen MR) is 70.2 cm³/mol. The summed E-state index contributed by atoms with van der Waals surface area (Å²) in [5, 5.41) is 2.37. The monoisotopic (exact) mass is 265 g/mol. The second kappa shape index (κ2) is 5.09. The highest BCUT2D eigenvalue weighted by Crippen LogP contribution is 2.05. The molecular formula is C11H15N5O3. The van der Waals surface area contributed by atoms with Crippen LogP contribution in [0.3, 0.4) is 0 Å². The molecule has 3 N–H and O–H groups in total. The predicted octanol–water partition coefficient (Wildman–Crippen LogP) is 0.171. The Balaban J connectivity index is 2.56. The van der Waals surface area contributed by atoms with Crippen LogP contribution in [0.5, 0.6) is 0 Å². The fraction of sp³-hybridized carbons (Fsp3) is 0.455. The van der Waals surface area contributed by atoms with Crippen molar-refractivity contribution in [1.82, 2.24) is 19.5 Å². The molecule has 0 aliphatic carbocycles. The number of carbonyl (C=O) groups is 1. The molecule has 0 fully saturated rings. The average molecular weight is 265 g/mol. The molecule has 0 saturated carbocycles. The van der Waals surface area contributed by atoms with E-state index >= 15 is 0 Å². The number of anilines is 1. The smallest absolute Gasteiger partial charge is 0.296 e. The molecule has 102 valence electrons.